The zero-order valence-electron chi connectivity index (χ0n) is 4.43. The van der Waals surface area contributed by atoms with Crippen LogP contribution in [0.2, 0.25) is 0 Å². The van der Waals surface area contributed by atoms with Crippen molar-refractivity contribution in [3.05, 3.63) is 0 Å². The van der Waals surface area contributed by atoms with Gasteiger partial charge in [-0.25, -0.2) is 0 Å². The second-order valence-corrected chi connectivity index (χ2v) is 0.250. The first-order valence-corrected chi connectivity index (χ1v) is 0.612. The van der Waals surface area contributed by atoms with Crippen LogP contribution in [0.3, 0.4) is 0 Å². The first kappa shape index (κ1) is 22.4. The fourth-order valence-electron chi connectivity index (χ4n) is 0. The van der Waals surface area contributed by atoms with E-state index in [1.807, 2.05) is 0 Å². The van der Waals surface area contributed by atoms with E-state index in [0.717, 1.165) is 0 Å². The Hall–Kier alpha value is 3.46. The molecule has 0 spiro atoms. The Morgan fingerprint density at radius 1 is 1.14 bits per heavy atom. The molecule has 7 heavy (non-hydrogen) atoms. The molecule has 3 nitrogen and oxygen atoms in total. The summed E-state index contributed by atoms with van der Waals surface area (Å²) < 4.78 is 0. The standard InChI is InChI=1S/CH2O3.2K.Pb.2H/c2-1(3)4;;;;;/h(H2,2,3,4);;;;;/q;2*+1;;;/p-2. The summed E-state index contributed by atoms with van der Waals surface area (Å²) in [7, 11) is 0. The van der Waals surface area contributed by atoms with E-state index in [1.165, 1.54) is 0 Å². The summed E-state index contributed by atoms with van der Waals surface area (Å²) in [4.78, 5) is 8.33. The van der Waals surface area contributed by atoms with Crippen molar-refractivity contribution in [2.45, 2.75) is 0 Å². The molecule has 0 unspecified atom stereocenters. The molecule has 0 rings (SSSR count). The Bertz CT molecular complexity index is 35.9. The summed E-state index contributed by atoms with van der Waals surface area (Å²) in [5, 5.41) is 16.7. The molecule has 0 aromatic heterocycles. The third-order valence-electron chi connectivity index (χ3n) is 0. The molecule has 0 aliphatic rings. The van der Waals surface area contributed by atoms with Crippen LogP contribution in [-0.2, 0) is 0 Å². The number of rotatable bonds is 0. The molecular formula is CH2K2O3Pb. The molecule has 0 heterocycles. The summed E-state index contributed by atoms with van der Waals surface area (Å²) in [5.74, 6) is 0. The van der Waals surface area contributed by atoms with Crippen molar-refractivity contribution < 1.29 is 118 Å². The van der Waals surface area contributed by atoms with Crippen molar-refractivity contribution in [2.75, 3.05) is 0 Å². The molecule has 0 N–H and O–H groups in total. The maximum absolute atomic E-state index is 8.33. The van der Waals surface area contributed by atoms with Crippen LogP contribution in [-0.4, -0.2) is 33.5 Å². The van der Waals surface area contributed by atoms with Gasteiger partial charge in [0.05, 0.1) is 0 Å². The molecule has 0 saturated heterocycles. The van der Waals surface area contributed by atoms with Crippen LogP contribution in [0.5, 0.6) is 0 Å². The number of hydrogen-bond donors (Lipinski definition) is 0. The Morgan fingerprint density at radius 3 is 1.14 bits per heavy atom. The average molecular weight is 347 g/mol. The van der Waals surface area contributed by atoms with Crippen LogP contribution < -0.4 is 113 Å². The second-order valence-electron chi connectivity index (χ2n) is 0.250. The van der Waals surface area contributed by atoms with Crippen molar-refractivity contribution in [1.82, 2.24) is 0 Å². The molecule has 2 radical (unpaired) electrons. The molecule has 0 aliphatic carbocycles. The predicted molar refractivity (Wildman–Crippen MR) is 13.9 cm³/mol. The van der Waals surface area contributed by atoms with Crippen LogP contribution in [0, 0.1) is 0 Å². The first-order valence-electron chi connectivity index (χ1n) is 0.612. The molecule has 0 aliphatic heterocycles. The third-order valence-corrected chi connectivity index (χ3v) is 0. The Kier molecular flexibility index (Phi) is 52.0. The van der Waals surface area contributed by atoms with Gasteiger partial charge in [-0.05, 0) is 6.16 Å². The van der Waals surface area contributed by atoms with E-state index >= 15 is 0 Å². The monoisotopic (exact) mass is 348 g/mol. The molecule has 0 fully saturated rings. The summed E-state index contributed by atoms with van der Waals surface area (Å²) in [6.45, 7) is 0. The molecule has 0 aromatic rings. The van der Waals surface area contributed by atoms with Gasteiger partial charge in [0.15, 0.2) is 0 Å². The van der Waals surface area contributed by atoms with E-state index in [-0.39, 0.29) is 130 Å². The third kappa shape index (κ3) is 43.9. The molecule has 0 bridgehead atoms. The average Bonchev–Trinajstić information content (AvgIpc) is 0.811. The van der Waals surface area contributed by atoms with Gasteiger partial charge in [0.2, 0.25) is 0 Å². The molecule has 0 amide bonds. The van der Waals surface area contributed by atoms with Crippen molar-refractivity contribution in [3.8, 4) is 0 Å². The second kappa shape index (κ2) is 16.2. The molecular weight excluding hydrogens is 345 g/mol. The van der Waals surface area contributed by atoms with Crippen LogP contribution in [0.25, 0.3) is 0 Å². The van der Waals surface area contributed by atoms with Gasteiger partial charge < -0.3 is 15.0 Å². The molecule has 0 saturated carbocycles. The van der Waals surface area contributed by atoms with Crippen molar-refractivity contribution in [2.24, 2.45) is 0 Å². The summed E-state index contributed by atoms with van der Waals surface area (Å²) in [6, 6.07) is 0. The summed E-state index contributed by atoms with van der Waals surface area (Å²) in [5.41, 5.74) is 0. The van der Waals surface area contributed by atoms with E-state index in [0.29, 0.717) is 0 Å². The van der Waals surface area contributed by atoms with Crippen LogP contribution >= 0.6 is 0 Å². The maximum atomic E-state index is 8.33. The normalized spacial score (nSPS) is 3.43. The van der Waals surface area contributed by atoms with Crippen molar-refractivity contribution in [1.29, 1.82) is 0 Å². The zero-order chi connectivity index (χ0) is 3.58. The van der Waals surface area contributed by atoms with Gasteiger partial charge in [0.1, 0.15) is 0 Å². The van der Waals surface area contributed by atoms with E-state index in [2.05, 4.69) is 0 Å². The number of carbonyl (C=O) groups excluding carboxylic acids is 1. The van der Waals surface area contributed by atoms with Gasteiger partial charge >= 0.3 is 130 Å². The van der Waals surface area contributed by atoms with Gasteiger partial charge in [0, 0.05) is 0 Å². The molecule has 0 aromatic carbocycles. The van der Waals surface area contributed by atoms with E-state index in [4.69, 9.17) is 15.0 Å². The zero-order valence-corrected chi connectivity index (χ0v) is 16.2. The van der Waals surface area contributed by atoms with Gasteiger partial charge in [-0.3, -0.25) is 0 Å². The van der Waals surface area contributed by atoms with Gasteiger partial charge in [-0.2, -0.15) is 0 Å². The van der Waals surface area contributed by atoms with Crippen LogP contribution in [0.1, 0.15) is 0 Å². The van der Waals surface area contributed by atoms with E-state index in [1.54, 1.807) is 0 Å². The van der Waals surface area contributed by atoms with Gasteiger partial charge in [-0.15, -0.1) is 0 Å². The molecule has 6 heteroatoms. The Balaban J connectivity index is -0.0000000150. The fourth-order valence-corrected chi connectivity index (χ4v) is 0. The number of hydrogen-bond acceptors (Lipinski definition) is 3. The van der Waals surface area contributed by atoms with E-state index in [9.17, 15) is 0 Å². The Labute approximate surface area is 147 Å². The molecule has 30 valence electrons. The predicted octanol–water partition coefficient (Wildman–Crippen LogP) is -9.36. The van der Waals surface area contributed by atoms with Crippen molar-refractivity contribution in [3.63, 3.8) is 0 Å². The first-order chi connectivity index (χ1) is 1.73. The summed E-state index contributed by atoms with van der Waals surface area (Å²) in [6.07, 6.45) is -2.33. The van der Waals surface area contributed by atoms with Crippen molar-refractivity contribution >= 4 is 33.5 Å². The SMILES string of the molecule is O=C([O-])[O-].[K+].[K+].[PbH2]. The van der Waals surface area contributed by atoms with E-state index < -0.39 is 6.16 Å². The minimum absolute atomic E-state index is 0. The quantitative estimate of drug-likeness (QED) is 0.409. The van der Waals surface area contributed by atoms with Gasteiger partial charge in [0.25, 0.3) is 0 Å². The summed E-state index contributed by atoms with van der Waals surface area (Å²) >= 11 is 0. The topological polar surface area (TPSA) is 63.2 Å². The van der Waals surface area contributed by atoms with Crippen LogP contribution in [0.15, 0.2) is 0 Å². The van der Waals surface area contributed by atoms with Crippen LogP contribution in [0.4, 0.5) is 4.79 Å². The Morgan fingerprint density at radius 2 is 1.14 bits per heavy atom. The molecule has 0 atom stereocenters. The fraction of sp³-hybridized carbons (Fsp3) is 0. The van der Waals surface area contributed by atoms with Gasteiger partial charge in [-0.1, -0.05) is 0 Å². The minimum atomic E-state index is -2.33. The number of carbonyl (C=O) groups is 1. The number of carboxylic acid groups (broad SMARTS) is 2.